The quantitative estimate of drug-likeness (QED) is 0.686. The summed E-state index contributed by atoms with van der Waals surface area (Å²) in [7, 11) is 0. The minimum atomic E-state index is 0.613. The molecule has 0 heterocycles. The maximum Gasteiger partial charge on any atom is 0.166 e. The average molecular weight is 212 g/mol. The summed E-state index contributed by atoms with van der Waals surface area (Å²) in [5, 5.41) is 7.68. The van der Waals surface area contributed by atoms with Gasteiger partial charge in [0.05, 0.1) is 0 Å². The van der Waals surface area contributed by atoms with Crippen molar-refractivity contribution in [3.63, 3.8) is 0 Å². The molecule has 2 N–H and O–H groups in total. The van der Waals surface area contributed by atoms with E-state index in [1.165, 1.54) is 38.5 Å². The Kier molecular flexibility index (Phi) is 3.26. The van der Waals surface area contributed by atoms with E-state index in [9.17, 15) is 0 Å². The molecule has 0 amide bonds. The van der Waals surface area contributed by atoms with Crippen molar-refractivity contribution in [2.75, 3.05) is 0 Å². The molecule has 0 unspecified atom stereocenters. The van der Waals surface area contributed by atoms with E-state index in [1.807, 2.05) is 0 Å². The van der Waals surface area contributed by atoms with Gasteiger partial charge in [0.2, 0.25) is 0 Å². The summed E-state index contributed by atoms with van der Waals surface area (Å²) >= 11 is 5.28. The van der Waals surface area contributed by atoms with Crippen LogP contribution in [0.5, 0.6) is 0 Å². The number of hydrogen-bond acceptors (Lipinski definition) is 1. The molecule has 0 radical (unpaired) electrons. The van der Waals surface area contributed by atoms with Crippen molar-refractivity contribution in [3.8, 4) is 0 Å². The Labute approximate surface area is 91.8 Å². The van der Waals surface area contributed by atoms with Gasteiger partial charge in [0.1, 0.15) is 0 Å². The normalized spacial score (nSPS) is 32.4. The summed E-state index contributed by atoms with van der Waals surface area (Å²) in [6, 6.07) is 1.29. The number of thiocarbonyl (C=S) groups is 1. The van der Waals surface area contributed by atoms with Crippen molar-refractivity contribution in [3.05, 3.63) is 0 Å². The topological polar surface area (TPSA) is 24.1 Å². The van der Waals surface area contributed by atoms with E-state index < -0.39 is 0 Å². The van der Waals surface area contributed by atoms with Crippen LogP contribution < -0.4 is 10.6 Å². The molecular weight excluding hydrogens is 192 g/mol. The van der Waals surface area contributed by atoms with Gasteiger partial charge in [-0.05, 0) is 43.8 Å². The van der Waals surface area contributed by atoms with E-state index >= 15 is 0 Å². The van der Waals surface area contributed by atoms with E-state index in [0.29, 0.717) is 12.1 Å². The van der Waals surface area contributed by atoms with Gasteiger partial charge in [0.25, 0.3) is 0 Å². The van der Waals surface area contributed by atoms with Crippen LogP contribution in [0.15, 0.2) is 0 Å². The molecule has 2 saturated carbocycles. The van der Waals surface area contributed by atoms with Gasteiger partial charge in [0, 0.05) is 12.1 Å². The molecule has 0 bridgehead atoms. The second-order valence-electron chi connectivity index (χ2n) is 4.76. The Balaban J connectivity index is 1.73. The Morgan fingerprint density at radius 1 is 1.07 bits per heavy atom. The first kappa shape index (κ1) is 10.2. The van der Waals surface area contributed by atoms with E-state index in [0.717, 1.165) is 11.0 Å². The monoisotopic (exact) mass is 212 g/mol. The molecule has 0 aromatic heterocycles. The lowest BCUT2D eigenvalue weighted by molar-refractivity contribution is 0.308. The first-order valence-electron chi connectivity index (χ1n) is 5.83. The molecule has 0 spiro atoms. The second kappa shape index (κ2) is 4.47. The molecule has 2 aliphatic carbocycles. The van der Waals surface area contributed by atoms with Crippen LogP contribution in [-0.4, -0.2) is 17.2 Å². The van der Waals surface area contributed by atoms with Gasteiger partial charge in [-0.25, -0.2) is 0 Å². The molecule has 80 valence electrons. The van der Waals surface area contributed by atoms with Crippen LogP contribution in [0.2, 0.25) is 0 Å². The molecule has 3 heteroatoms. The van der Waals surface area contributed by atoms with Crippen molar-refractivity contribution in [2.45, 2.75) is 57.5 Å². The Bertz CT molecular complexity index is 213. The van der Waals surface area contributed by atoms with E-state index in [2.05, 4.69) is 17.6 Å². The van der Waals surface area contributed by atoms with Crippen LogP contribution in [0, 0.1) is 5.92 Å². The molecule has 0 aliphatic heterocycles. The van der Waals surface area contributed by atoms with Crippen LogP contribution in [0.1, 0.15) is 45.4 Å². The maximum absolute atomic E-state index is 5.28. The number of nitrogens with one attached hydrogen (secondary N) is 2. The molecule has 2 fully saturated rings. The zero-order valence-corrected chi connectivity index (χ0v) is 9.70. The van der Waals surface area contributed by atoms with Crippen LogP contribution in [0.4, 0.5) is 0 Å². The molecule has 2 atom stereocenters. The Morgan fingerprint density at radius 2 is 1.79 bits per heavy atom. The Hall–Kier alpha value is -0.310. The first-order valence-corrected chi connectivity index (χ1v) is 6.23. The molecule has 2 nitrogen and oxygen atoms in total. The van der Waals surface area contributed by atoms with Crippen LogP contribution >= 0.6 is 12.2 Å². The van der Waals surface area contributed by atoms with Gasteiger partial charge in [-0.2, -0.15) is 0 Å². The van der Waals surface area contributed by atoms with E-state index in [4.69, 9.17) is 12.2 Å². The van der Waals surface area contributed by atoms with Crippen LogP contribution in [-0.2, 0) is 0 Å². The van der Waals surface area contributed by atoms with Crippen LogP contribution in [0.25, 0.3) is 0 Å². The summed E-state index contributed by atoms with van der Waals surface area (Å²) in [6.45, 7) is 2.33. The summed E-state index contributed by atoms with van der Waals surface area (Å²) in [5.74, 6) is 0.780. The fourth-order valence-corrected chi connectivity index (χ4v) is 2.47. The van der Waals surface area contributed by atoms with Gasteiger partial charge >= 0.3 is 0 Å². The van der Waals surface area contributed by atoms with Crippen molar-refractivity contribution in [2.24, 2.45) is 5.92 Å². The van der Waals surface area contributed by atoms with Gasteiger partial charge < -0.3 is 10.6 Å². The minimum absolute atomic E-state index is 0.613. The predicted molar refractivity (Wildman–Crippen MR) is 63.3 cm³/mol. The average Bonchev–Trinajstić information content (AvgIpc) is 2.93. The lowest BCUT2D eigenvalue weighted by Crippen LogP contribution is -2.46. The molecular formula is C11H20N2S. The molecule has 0 saturated heterocycles. The lowest BCUT2D eigenvalue weighted by Gasteiger charge is -2.30. The third-order valence-corrected chi connectivity index (χ3v) is 3.58. The summed E-state index contributed by atoms with van der Waals surface area (Å²) in [4.78, 5) is 0. The fourth-order valence-electron chi connectivity index (χ4n) is 2.15. The highest BCUT2D eigenvalue weighted by Crippen LogP contribution is 2.24. The zero-order valence-electron chi connectivity index (χ0n) is 8.88. The molecule has 0 aromatic rings. The van der Waals surface area contributed by atoms with E-state index in [-0.39, 0.29) is 0 Å². The van der Waals surface area contributed by atoms with Crippen molar-refractivity contribution >= 4 is 17.3 Å². The highest BCUT2D eigenvalue weighted by Gasteiger charge is 2.25. The van der Waals surface area contributed by atoms with Crippen LogP contribution in [0.3, 0.4) is 0 Å². The predicted octanol–water partition coefficient (Wildman–Crippen LogP) is 2.19. The second-order valence-corrected chi connectivity index (χ2v) is 5.17. The highest BCUT2D eigenvalue weighted by atomic mass is 32.1. The number of rotatable bonds is 2. The van der Waals surface area contributed by atoms with Gasteiger partial charge in [-0.3, -0.25) is 0 Å². The van der Waals surface area contributed by atoms with E-state index in [1.54, 1.807) is 0 Å². The maximum atomic E-state index is 5.28. The van der Waals surface area contributed by atoms with Crippen molar-refractivity contribution < 1.29 is 0 Å². The standard InChI is InChI=1S/C11H20N2S/c1-8-4-2-3-5-10(8)13-11(14)12-9-6-7-9/h8-10H,2-7H2,1H3,(H2,12,13,14)/t8-,10+/m1/s1. The molecule has 2 rings (SSSR count). The minimum Gasteiger partial charge on any atom is -0.360 e. The largest absolute Gasteiger partial charge is 0.360 e. The lowest BCUT2D eigenvalue weighted by atomic mass is 9.86. The first-order chi connectivity index (χ1) is 6.75. The van der Waals surface area contributed by atoms with Crippen molar-refractivity contribution in [1.29, 1.82) is 0 Å². The molecule has 2 aliphatic rings. The van der Waals surface area contributed by atoms with Gasteiger partial charge in [-0.1, -0.05) is 19.8 Å². The van der Waals surface area contributed by atoms with Gasteiger partial charge in [0.15, 0.2) is 5.11 Å². The smallest absolute Gasteiger partial charge is 0.166 e. The zero-order chi connectivity index (χ0) is 9.97. The molecule has 14 heavy (non-hydrogen) atoms. The fraction of sp³-hybridized carbons (Fsp3) is 0.909. The van der Waals surface area contributed by atoms with Gasteiger partial charge in [-0.15, -0.1) is 0 Å². The highest BCUT2D eigenvalue weighted by molar-refractivity contribution is 7.80. The third kappa shape index (κ3) is 2.84. The Morgan fingerprint density at radius 3 is 2.43 bits per heavy atom. The summed E-state index contributed by atoms with van der Waals surface area (Å²) in [6.07, 6.45) is 7.97. The van der Waals surface area contributed by atoms with Crippen molar-refractivity contribution in [1.82, 2.24) is 10.6 Å². The molecule has 0 aromatic carbocycles. The number of hydrogen-bond donors (Lipinski definition) is 2. The third-order valence-electron chi connectivity index (χ3n) is 3.34. The summed E-state index contributed by atoms with van der Waals surface area (Å²) < 4.78 is 0. The SMILES string of the molecule is C[C@@H]1CCCC[C@@H]1NC(=S)NC1CC1. The summed E-state index contributed by atoms with van der Waals surface area (Å²) in [5.41, 5.74) is 0.